The molecule has 0 unspecified atom stereocenters. The van der Waals surface area contributed by atoms with Crippen LogP contribution in [0.4, 0.5) is 0 Å². The normalized spacial score (nSPS) is 12.5. The van der Waals surface area contributed by atoms with E-state index in [1.54, 1.807) is 0 Å². The Morgan fingerprint density at radius 2 is 1.79 bits per heavy atom. The summed E-state index contributed by atoms with van der Waals surface area (Å²) in [4.78, 5) is 4.34. The van der Waals surface area contributed by atoms with Gasteiger partial charge in [-0.3, -0.25) is 0 Å². The van der Waals surface area contributed by atoms with Crippen molar-refractivity contribution in [1.29, 1.82) is 0 Å². The van der Waals surface area contributed by atoms with Crippen LogP contribution in [0, 0.1) is 5.41 Å². The third kappa shape index (κ3) is 7.83. The maximum absolute atomic E-state index is 5.65. The second-order valence-corrected chi connectivity index (χ2v) is 7.27. The van der Waals surface area contributed by atoms with E-state index in [1.807, 2.05) is 12.3 Å². The van der Waals surface area contributed by atoms with Gasteiger partial charge in [0.05, 0.1) is 6.61 Å². The standard InChI is InChI=1S/C16H28N2O/c1-15(2,3)9-10-19-14-8-7-13(11-17-14)12-18-16(4,5)6/h7-8,11,18H,9-10,12H2,1-6H3. The lowest BCUT2D eigenvalue weighted by Gasteiger charge is -2.20. The summed E-state index contributed by atoms with van der Waals surface area (Å²) < 4.78 is 5.65. The number of aromatic nitrogens is 1. The third-order valence-corrected chi connectivity index (χ3v) is 2.72. The predicted molar refractivity (Wildman–Crippen MR) is 80.4 cm³/mol. The lowest BCUT2D eigenvalue weighted by atomic mass is 9.93. The van der Waals surface area contributed by atoms with Crippen LogP contribution in [0.25, 0.3) is 0 Å². The van der Waals surface area contributed by atoms with Gasteiger partial charge in [-0.2, -0.15) is 0 Å². The third-order valence-electron chi connectivity index (χ3n) is 2.72. The molecule has 0 aromatic carbocycles. The van der Waals surface area contributed by atoms with Crippen molar-refractivity contribution in [2.75, 3.05) is 6.61 Å². The minimum absolute atomic E-state index is 0.127. The van der Waals surface area contributed by atoms with Gasteiger partial charge in [0.15, 0.2) is 0 Å². The molecule has 3 heteroatoms. The molecule has 19 heavy (non-hydrogen) atoms. The first-order chi connectivity index (χ1) is 8.66. The Kier molecular flexibility index (Phi) is 5.36. The molecule has 108 valence electrons. The minimum atomic E-state index is 0.127. The van der Waals surface area contributed by atoms with Gasteiger partial charge in [0.2, 0.25) is 5.88 Å². The first kappa shape index (κ1) is 16.0. The van der Waals surface area contributed by atoms with Crippen molar-refractivity contribution in [3.8, 4) is 5.88 Å². The molecule has 1 heterocycles. The molecule has 0 aliphatic heterocycles. The summed E-state index contributed by atoms with van der Waals surface area (Å²) in [6.07, 6.45) is 2.91. The lowest BCUT2D eigenvalue weighted by Crippen LogP contribution is -2.35. The summed E-state index contributed by atoms with van der Waals surface area (Å²) in [6.45, 7) is 14.7. The molecule has 0 saturated carbocycles. The Labute approximate surface area is 117 Å². The predicted octanol–water partition coefficient (Wildman–Crippen LogP) is 3.78. The van der Waals surface area contributed by atoms with Crippen molar-refractivity contribution in [3.05, 3.63) is 23.9 Å². The van der Waals surface area contributed by atoms with E-state index >= 15 is 0 Å². The van der Waals surface area contributed by atoms with Crippen molar-refractivity contribution in [2.24, 2.45) is 5.41 Å². The Morgan fingerprint density at radius 1 is 1.11 bits per heavy atom. The minimum Gasteiger partial charge on any atom is -0.478 e. The molecule has 0 atom stereocenters. The fourth-order valence-electron chi connectivity index (χ4n) is 1.43. The number of nitrogens with one attached hydrogen (secondary N) is 1. The number of hydrogen-bond donors (Lipinski definition) is 1. The molecule has 0 aliphatic carbocycles. The van der Waals surface area contributed by atoms with Crippen molar-refractivity contribution in [2.45, 2.75) is 60.0 Å². The Bertz CT molecular complexity index is 371. The molecule has 1 rings (SSSR count). The van der Waals surface area contributed by atoms with E-state index in [9.17, 15) is 0 Å². The number of rotatable bonds is 5. The Morgan fingerprint density at radius 3 is 2.26 bits per heavy atom. The number of nitrogens with zero attached hydrogens (tertiary/aromatic N) is 1. The molecular formula is C16H28N2O. The van der Waals surface area contributed by atoms with E-state index in [0.29, 0.717) is 11.3 Å². The molecule has 0 spiro atoms. The molecule has 0 saturated heterocycles. The highest BCUT2D eigenvalue weighted by atomic mass is 16.5. The fraction of sp³-hybridized carbons (Fsp3) is 0.688. The zero-order valence-corrected chi connectivity index (χ0v) is 13.2. The van der Waals surface area contributed by atoms with Crippen LogP contribution in [0.5, 0.6) is 5.88 Å². The van der Waals surface area contributed by atoms with Crippen molar-refractivity contribution in [1.82, 2.24) is 10.3 Å². The van der Waals surface area contributed by atoms with Gasteiger partial charge in [-0.05, 0) is 38.2 Å². The summed E-state index contributed by atoms with van der Waals surface area (Å²) >= 11 is 0. The number of ether oxygens (including phenoxy) is 1. The summed E-state index contributed by atoms with van der Waals surface area (Å²) in [5.41, 5.74) is 1.61. The number of pyridine rings is 1. The van der Waals surface area contributed by atoms with Gasteiger partial charge in [-0.1, -0.05) is 26.8 Å². The van der Waals surface area contributed by atoms with Gasteiger partial charge in [-0.15, -0.1) is 0 Å². The molecule has 3 nitrogen and oxygen atoms in total. The van der Waals surface area contributed by atoms with Crippen LogP contribution in [0.2, 0.25) is 0 Å². The summed E-state index contributed by atoms with van der Waals surface area (Å²) in [6, 6.07) is 4.01. The highest BCUT2D eigenvalue weighted by Crippen LogP contribution is 2.19. The molecule has 0 fully saturated rings. The van der Waals surface area contributed by atoms with Crippen LogP contribution in [-0.2, 0) is 6.54 Å². The fourth-order valence-corrected chi connectivity index (χ4v) is 1.43. The molecule has 0 aliphatic rings. The average Bonchev–Trinajstić information content (AvgIpc) is 2.25. The van der Waals surface area contributed by atoms with Crippen LogP contribution >= 0.6 is 0 Å². The van der Waals surface area contributed by atoms with Gasteiger partial charge in [0, 0.05) is 24.3 Å². The second-order valence-electron chi connectivity index (χ2n) is 7.27. The molecular weight excluding hydrogens is 236 g/mol. The first-order valence-electron chi connectivity index (χ1n) is 6.98. The zero-order chi connectivity index (χ0) is 14.5. The molecule has 0 radical (unpaired) electrons. The van der Waals surface area contributed by atoms with Crippen molar-refractivity contribution in [3.63, 3.8) is 0 Å². The second kappa shape index (κ2) is 6.38. The monoisotopic (exact) mass is 264 g/mol. The summed E-state index contributed by atoms with van der Waals surface area (Å²) in [7, 11) is 0. The van der Waals surface area contributed by atoms with Gasteiger partial charge >= 0.3 is 0 Å². The molecule has 0 bridgehead atoms. The lowest BCUT2D eigenvalue weighted by molar-refractivity contribution is 0.236. The molecule has 0 amide bonds. The zero-order valence-electron chi connectivity index (χ0n) is 13.2. The quantitative estimate of drug-likeness (QED) is 0.878. The molecule has 1 aromatic rings. The van der Waals surface area contributed by atoms with Crippen molar-refractivity contribution >= 4 is 0 Å². The van der Waals surface area contributed by atoms with Gasteiger partial charge < -0.3 is 10.1 Å². The molecule has 1 aromatic heterocycles. The smallest absolute Gasteiger partial charge is 0.213 e. The van der Waals surface area contributed by atoms with E-state index in [4.69, 9.17) is 4.74 Å². The maximum Gasteiger partial charge on any atom is 0.213 e. The van der Waals surface area contributed by atoms with E-state index in [-0.39, 0.29) is 5.54 Å². The maximum atomic E-state index is 5.65. The summed E-state index contributed by atoms with van der Waals surface area (Å²) in [5, 5.41) is 3.44. The topological polar surface area (TPSA) is 34.1 Å². The van der Waals surface area contributed by atoms with Gasteiger partial charge in [0.1, 0.15) is 0 Å². The van der Waals surface area contributed by atoms with E-state index in [2.05, 4.69) is 57.9 Å². The molecule has 1 N–H and O–H groups in total. The summed E-state index contributed by atoms with van der Waals surface area (Å²) in [5.74, 6) is 0.712. The number of hydrogen-bond acceptors (Lipinski definition) is 3. The Hall–Kier alpha value is -1.09. The van der Waals surface area contributed by atoms with Crippen LogP contribution in [0.1, 0.15) is 53.5 Å². The highest BCUT2D eigenvalue weighted by Gasteiger charge is 2.10. The van der Waals surface area contributed by atoms with E-state index < -0.39 is 0 Å². The Balaban J connectivity index is 2.39. The average molecular weight is 264 g/mol. The van der Waals surface area contributed by atoms with E-state index in [1.165, 1.54) is 5.56 Å². The van der Waals surface area contributed by atoms with Crippen LogP contribution < -0.4 is 10.1 Å². The van der Waals surface area contributed by atoms with Gasteiger partial charge in [-0.25, -0.2) is 4.98 Å². The first-order valence-corrected chi connectivity index (χ1v) is 6.98. The van der Waals surface area contributed by atoms with Gasteiger partial charge in [0.25, 0.3) is 0 Å². The van der Waals surface area contributed by atoms with Crippen LogP contribution in [-0.4, -0.2) is 17.1 Å². The van der Waals surface area contributed by atoms with Crippen molar-refractivity contribution < 1.29 is 4.74 Å². The van der Waals surface area contributed by atoms with E-state index in [0.717, 1.165) is 19.6 Å². The van der Waals surface area contributed by atoms with Crippen LogP contribution in [0.15, 0.2) is 18.3 Å². The van der Waals surface area contributed by atoms with Crippen LogP contribution in [0.3, 0.4) is 0 Å². The largest absolute Gasteiger partial charge is 0.478 e. The SMILES string of the molecule is CC(C)(C)CCOc1ccc(CNC(C)(C)C)cn1. The highest BCUT2D eigenvalue weighted by molar-refractivity contribution is 5.17.